The normalized spacial score (nSPS) is 16.0. The Morgan fingerprint density at radius 1 is 0.939 bits per heavy atom. The largest absolute Gasteiger partial charge is 0.493 e. The lowest BCUT2D eigenvalue weighted by molar-refractivity contribution is -0.0912. The molecule has 0 radical (unpaired) electrons. The van der Waals surface area contributed by atoms with Crippen molar-refractivity contribution < 1.29 is 43.1 Å². The molecular formula is C24H22O9. The van der Waals surface area contributed by atoms with Crippen LogP contribution in [0.15, 0.2) is 24.3 Å². The van der Waals surface area contributed by atoms with E-state index in [-0.39, 0.29) is 19.0 Å². The lowest BCUT2D eigenvalue weighted by Crippen LogP contribution is -2.10. The molecule has 1 unspecified atom stereocenters. The van der Waals surface area contributed by atoms with Gasteiger partial charge in [0.1, 0.15) is 0 Å². The summed E-state index contributed by atoms with van der Waals surface area (Å²) in [5.41, 5.74) is 2.51. The number of carbonyl (C=O) groups is 1. The molecule has 0 fully saturated rings. The summed E-state index contributed by atoms with van der Waals surface area (Å²) in [4.78, 5) is 13.1. The van der Waals surface area contributed by atoms with E-state index in [1.807, 2.05) is 0 Å². The fourth-order valence-electron chi connectivity index (χ4n) is 4.48. The molecule has 2 aliphatic heterocycles. The highest BCUT2D eigenvalue weighted by atomic mass is 16.7. The zero-order chi connectivity index (χ0) is 23.3. The van der Waals surface area contributed by atoms with Gasteiger partial charge in [-0.25, -0.2) is 4.79 Å². The highest BCUT2D eigenvalue weighted by Crippen LogP contribution is 2.50. The maximum absolute atomic E-state index is 13.1. The smallest absolute Gasteiger partial charge is 0.338 e. The third-order valence-electron chi connectivity index (χ3n) is 5.92. The van der Waals surface area contributed by atoms with Crippen molar-refractivity contribution in [1.82, 2.24) is 0 Å². The zero-order valence-electron chi connectivity index (χ0n) is 18.5. The molecule has 0 saturated carbocycles. The van der Waals surface area contributed by atoms with Crippen LogP contribution in [0.2, 0.25) is 0 Å². The van der Waals surface area contributed by atoms with Crippen LogP contribution in [0.5, 0.6) is 28.7 Å². The quantitative estimate of drug-likeness (QED) is 0.580. The predicted molar refractivity (Wildman–Crippen MR) is 116 cm³/mol. The monoisotopic (exact) mass is 454 g/mol. The summed E-state index contributed by atoms with van der Waals surface area (Å²) in [6.45, 7) is 0.124. The fourth-order valence-corrected chi connectivity index (χ4v) is 4.48. The summed E-state index contributed by atoms with van der Waals surface area (Å²) in [5.74, 6) is 1.78. The van der Waals surface area contributed by atoms with E-state index in [9.17, 15) is 9.90 Å². The van der Waals surface area contributed by atoms with Gasteiger partial charge in [0.2, 0.25) is 12.5 Å². The number of hydrogen-bond acceptors (Lipinski definition) is 9. The lowest BCUT2D eigenvalue weighted by atomic mass is 9.86. The number of fused-ring (bicyclic) bond motifs is 4. The molecule has 2 aliphatic rings. The number of carbonyl (C=O) groups excluding carboxylic acids is 1. The first kappa shape index (κ1) is 21.2. The Morgan fingerprint density at radius 3 is 2.15 bits per heavy atom. The highest BCUT2D eigenvalue weighted by Gasteiger charge is 2.34. The maximum atomic E-state index is 13.1. The first-order valence-electron chi connectivity index (χ1n) is 10.1. The van der Waals surface area contributed by atoms with Crippen LogP contribution in [0.3, 0.4) is 0 Å². The SMILES string of the molecule is COC(=O)c1c2c(c3cc4c(cc3c1-c1cc(OC)c(OC)c(OC)c1)OCO4)C(O)OC2. The van der Waals surface area contributed by atoms with E-state index in [4.69, 9.17) is 33.2 Å². The molecule has 0 amide bonds. The number of hydrogen-bond donors (Lipinski definition) is 1. The number of aliphatic hydroxyl groups excluding tert-OH is 1. The summed E-state index contributed by atoms with van der Waals surface area (Å²) < 4.78 is 38.3. The van der Waals surface area contributed by atoms with Crippen molar-refractivity contribution in [2.45, 2.75) is 12.9 Å². The van der Waals surface area contributed by atoms with Crippen molar-refractivity contribution in [3.05, 3.63) is 41.0 Å². The molecule has 3 aromatic rings. The Kier molecular flexibility index (Phi) is 5.15. The first-order chi connectivity index (χ1) is 16.0. The maximum Gasteiger partial charge on any atom is 0.338 e. The van der Waals surface area contributed by atoms with Gasteiger partial charge in [0.25, 0.3) is 0 Å². The number of rotatable bonds is 5. The molecule has 2 heterocycles. The Balaban J connectivity index is 1.94. The summed E-state index contributed by atoms with van der Waals surface area (Å²) in [7, 11) is 5.87. The van der Waals surface area contributed by atoms with Crippen molar-refractivity contribution >= 4 is 16.7 Å². The average Bonchev–Trinajstić information content (AvgIpc) is 3.46. The molecule has 0 aromatic heterocycles. The molecule has 1 N–H and O–H groups in total. The number of ether oxygens (including phenoxy) is 7. The van der Waals surface area contributed by atoms with Crippen molar-refractivity contribution in [3.8, 4) is 39.9 Å². The van der Waals surface area contributed by atoms with Crippen LogP contribution in [-0.4, -0.2) is 46.3 Å². The van der Waals surface area contributed by atoms with Crippen LogP contribution < -0.4 is 23.7 Å². The molecule has 1 atom stereocenters. The van der Waals surface area contributed by atoms with E-state index in [2.05, 4.69) is 0 Å². The minimum atomic E-state index is -1.19. The highest BCUT2D eigenvalue weighted by molar-refractivity contribution is 6.12. The van der Waals surface area contributed by atoms with Gasteiger partial charge in [0.15, 0.2) is 29.3 Å². The summed E-state index contributed by atoms with van der Waals surface area (Å²) in [6.07, 6.45) is -1.19. The molecule has 3 aromatic carbocycles. The van der Waals surface area contributed by atoms with Gasteiger partial charge in [0.05, 0.1) is 40.6 Å². The van der Waals surface area contributed by atoms with Crippen molar-refractivity contribution in [3.63, 3.8) is 0 Å². The van der Waals surface area contributed by atoms with Crippen LogP contribution in [-0.2, 0) is 16.1 Å². The lowest BCUT2D eigenvalue weighted by Gasteiger charge is -2.20. The second kappa shape index (κ2) is 8.02. The standard InChI is InChI=1S/C24H22O9/c1-27-17-5-11(6-18(28-2)22(17)29-3)19-12-7-15-16(33-10-32-15)8-13(12)20-14(9-31-24(20)26)21(19)23(25)30-4/h5-8,24,26H,9-10H2,1-4H3. The van der Waals surface area contributed by atoms with E-state index in [1.165, 1.54) is 28.4 Å². The number of methoxy groups -OCH3 is 4. The molecular weight excluding hydrogens is 432 g/mol. The third-order valence-corrected chi connectivity index (χ3v) is 5.92. The van der Waals surface area contributed by atoms with Gasteiger partial charge in [0, 0.05) is 16.7 Å². The third kappa shape index (κ3) is 3.12. The Hall–Kier alpha value is -3.69. The first-order valence-corrected chi connectivity index (χ1v) is 10.1. The van der Waals surface area contributed by atoms with Crippen molar-refractivity contribution in [1.29, 1.82) is 0 Å². The molecule has 172 valence electrons. The van der Waals surface area contributed by atoms with Gasteiger partial charge in [-0.1, -0.05) is 0 Å². The number of aliphatic hydroxyl groups is 1. The molecule has 0 spiro atoms. The molecule has 5 rings (SSSR count). The summed E-state index contributed by atoms with van der Waals surface area (Å²) in [5, 5.41) is 11.9. The van der Waals surface area contributed by atoms with Crippen LogP contribution in [0, 0.1) is 0 Å². The van der Waals surface area contributed by atoms with Gasteiger partial charge < -0.3 is 38.3 Å². The predicted octanol–water partition coefficient (Wildman–Crippen LogP) is 3.57. The van der Waals surface area contributed by atoms with Gasteiger partial charge in [-0.3, -0.25) is 0 Å². The van der Waals surface area contributed by atoms with Gasteiger partial charge >= 0.3 is 5.97 Å². The number of benzene rings is 3. The van der Waals surface area contributed by atoms with E-state index in [1.54, 1.807) is 24.3 Å². The van der Waals surface area contributed by atoms with E-state index in [0.717, 1.165) is 0 Å². The van der Waals surface area contributed by atoms with Crippen LogP contribution in [0.25, 0.3) is 21.9 Å². The molecule has 0 saturated heterocycles. The minimum Gasteiger partial charge on any atom is -0.493 e. The Morgan fingerprint density at radius 2 is 1.58 bits per heavy atom. The summed E-state index contributed by atoms with van der Waals surface area (Å²) >= 11 is 0. The second-order valence-corrected chi connectivity index (χ2v) is 7.46. The second-order valence-electron chi connectivity index (χ2n) is 7.46. The van der Waals surface area contributed by atoms with Gasteiger partial charge in [-0.05, 0) is 40.6 Å². The summed E-state index contributed by atoms with van der Waals surface area (Å²) in [6, 6.07) is 7.09. The Labute approximate surface area is 189 Å². The number of esters is 1. The van der Waals surface area contributed by atoms with Crippen LogP contribution in [0.4, 0.5) is 0 Å². The zero-order valence-corrected chi connectivity index (χ0v) is 18.5. The molecule has 9 nitrogen and oxygen atoms in total. The molecule has 33 heavy (non-hydrogen) atoms. The minimum absolute atomic E-state index is 0.0444. The molecule has 0 aliphatic carbocycles. The van der Waals surface area contributed by atoms with Gasteiger partial charge in [-0.2, -0.15) is 0 Å². The van der Waals surface area contributed by atoms with Crippen LogP contribution in [0.1, 0.15) is 27.8 Å². The fraction of sp³-hybridized carbons (Fsp3) is 0.292. The molecule has 0 bridgehead atoms. The van der Waals surface area contributed by atoms with Gasteiger partial charge in [-0.15, -0.1) is 0 Å². The average molecular weight is 454 g/mol. The van der Waals surface area contributed by atoms with Crippen LogP contribution >= 0.6 is 0 Å². The van der Waals surface area contributed by atoms with E-state index < -0.39 is 12.3 Å². The molecule has 9 heteroatoms. The van der Waals surface area contributed by atoms with Crippen molar-refractivity contribution in [2.24, 2.45) is 0 Å². The van der Waals surface area contributed by atoms with Crippen molar-refractivity contribution in [2.75, 3.05) is 35.2 Å². The topological polar surface area (TPSA) is 102 Å². The Bertz CT molecular complexity index is 1260. The van der Waals surface area contributed by atoms with E-state index in [0.29, 0.717) is 61.8 Å². The van der Waals surface area contributed by atoms with E-state index >= 15 is 0 Å².